The van der Waals surface area contributed by atoms with Gasteiger partial charge in [-0.15, -0.1) is 0 Å². The predicted octanol–water partition coefficient (Wildman–Crippen LogP) is 3.11. The van der Waals surface area contributed by atoms with Crippen LogP contribution in [0, 0.1) is 0 Å². The van der Waals surface area contributed by atoms with Gasteiger partial charge in [0.2, 0.25) is 5.91 Å². The van der Waals surface area contributed by atoms with Crippen molar-refractivity contribution in [1.29, 1.82) is 0 Å². The fraction of sp³-hybridized carbons (Fsp3) is 0.250. The maximum Gasteiger partial charge on any atom is 0.249 e. The van der Waals surface area contributed by atoms with Crippen molar-refractivity contribution < 1.29 is 4.79 Å². The highest BCUT2D eigenvalue weighted by Gasteiger charge is 2.34. The molecule has 1 atom stereocenters. The molecule has 21 heavy (non-hydrogen) atoms. The smallest absolute Gasteiger partial charge is 0.249 e. The van der Waals surface area contributed by atoms with Crippen molar-refractivity contribution in [2.75, 3.05) is 16.8 Å². The SMILES string of the molecule is C[C@@H]1C(=O)N(C)c2ccc(Cl)nc2N1Cc1ccccc1. The van der Waals surface area contributed by atoms with E-state index >= 15 is 0 Å². The number of hydrogen-bond acceptors (Lipinski definition) is 3. The molecule has 0 unspecified atom stereocenters. The monoisotopic (exact) mass is 301 g/mol. The van der Waals surface area contributed by atoms with E-state index in [0.29, 0.717) is 11.7 Å². The lowest BCUT2D eigenvalue weighted by Crippen LogP contribution is -2.50. The van der Waals surface area contributed by atoms with E-state index in [0.717, 1.165) is 17.1 Å². The van der Waals surface area contributed by atoms with Crippen molar-refractivity contribution >= 4 is 29.0 Å². The highest BCUT2D eigenvalue weighted by molar-refractivity contribution is 6.29. The van der Waals surface area contributed by atoms with Crippen LogP contribution in [0.2, 0.25) is 5.15 Å². The van der Waals surface area contributed by atoms with Crippen molar-refractivity contribution in [1.82, 2.24) is 4.98 Å². The number of amides is 1. The molecule has 3 rings (SSSR count). The zero-order valence-electron chi connectivity index (χ0n) is 12.0. The summed E-state index contributed by atoms with van der Waals surface area (Å²) in [5.74, 6) is 0.809. The molecule has 108 valence electrons. The molecule has 1 aliphatic rings. The number of halogens is 1. The summed E-state index contributed by atoms with van der Waals surface area (Å²) in [6, 6.07) is 13.3. The molecule has 5 heteroatoms. The van der Waals surface area contributed by atoms with Gasteiger partial charge >= 0.3 is 0 Å². The number of carbonyl (C=O) groups is 1. The minimum absolute atomic E-state index is 0.0579. The van der Waals surface area contributed by atoms with Gasteiger partial charge in [0.15, 0.2) is 5.82 Å². The number of rotatable bonds is 2. The number of benzene rings is 1. The first-order valence-corrected chi connectivity index (χ1v) is 7.20. The number of fused-ring (bicyclic) bond motifs is 1. The van der Waals surface area contributed by atoms with E-state index in [2.05, 4.69) is 4.98 Å². The van der Waals surface area contributed by atoms with Crippen LogP contribution in [0.15, 0.2) is 42.5 Å². The molecular weight excluding hydrogens is 286 g/mol. The molecule has 0 bridgehead atoms. The Balaban J connectivity index is 2.05. The van der Waals surface area contributed by atoms with E-state index in [9.17, 15) is 4.79 Å². The van der Waals surface area contributed by atoms with Crippen LogP contribution in [0.5, 0.6) is 0 Å². The second-order valence-corrected chi connectivity index (χ2v) is 5.55. The van der Waals surface area contributed by atoms with Gasteiger partial charge in [-0.3, -0.25) is 4.79 Å². The minimum Gasteiger partial charge on any atom is -0.339 e. The first-order chi connectivity index (χ1) is 10.1. The number of pyridine rings is 1. The summed E-state index contributed by atoms with van der Waals surface area (Å²) in [5, 5.41) is 0.432. The van der Waals surface area contributed by atoms with Gasteiger partial charge in [-0.05, 0) is 24.6 Å². The topological polar surface area (TPSA) is 36.4 Å². The molecule has 1 amide bonds. The van der Waals surface area contributed by atoms with Crippen molar-refractivity contribution in [2.45, 2.75) is 19.5 Å². The van der Waals surface area contributed by atoms with Gasteiger partial charge in [-0.2, -0.15) is 0 Å². The van der Waals surface area contributed by atoms with Crippen LogP contribution in [0.1, 0.15) is 12.5 Å². The molecule has 2 heterocycles. The summed E-state index contributed by atoms with van der Waals surface area (Å²) < 4.78 is 0. The molecule has 1 aromatic heterocycles. The number of anilines is 2. The molecule has 0 aliphatic carbocycles. The summed E-state index contributed by atoms with van der Waals surface area (Å²) in [5.41, 5.74) is 1.92. The minimum atomic E-state index is -0.270. The lowest BCUT2D eigenvalue weighted by Gasteiger charge is -2.39. The van der Waals surface area contributed by atoms with Crippen LogP contribution in [-0.4, -0.2) is 24.0 Å². The normalized spacial score (nSPS) is 17.9. The molecule has 2 aromatic rings. The molecular formula is C16H16ClN3O. The summed E-state index contributed by atoms with van der Waals surface area (Å²) >= 11 is 6.04. The zero-order chi connectivity index (χ0) is 15.0. The van der Waals surface area contributed by atoms with E-state index in [4.69, 9.17) is 11.6 Å². The van der Waals surface area contributed by atoms with Crippen LogP contribution in [0.3, 0.4) is 0 Å². The Bertz CT molecular complexity index is 674. The van der Waals surface area contributed by atoms with Crippen LogP contribution >= 0.6 is 11.6 Å². The average molecular weight is 302 g/mol. The van der Waals surface area contributed by atoms with E-state index in [1.165, 1.54) is 0 Å². The number of aromatic nitrogens is 1. The Morgan fingerprint density at radius 1 is 1.19 bits per heavy atom. The Hall–Kier alpha value is -2.07. The van der Waals surface area contributed by atoms with Gasteiger partial charge in [0, 0.05) is 13.6 Å². The third-order valence-corrected chi connectivity index (χ3v) is 4.02. The van der Waals surface area contributed by atoms with Crippen LogP contribution < -0.4 is 9.80 Å². The number of hydrogen-bond donors (Lipinski definition) is 0. The van der Waals surface area contributed by atoms with E-state index in [1.807, 2.05) is 48.2 Å². The van der Waals surface area contributed by atoms with Gasteiger partial charge in [0.25, 0.3) is 0 Å². The van der Waals surface area contributed by atoms with Crippen molar-refractivity contribution in [3.05, 3.63) is 53.2 Å². The Morgan fingerprint density at radius 3 is 2.62 bits per heavy atom. The van der Waals surface area contributed by atoms with Crippen molar-refractivity contribution in [3.63, 3.8) is 0 Å². The highest BCUT2D eigenvalue weighted by atomic mass is 35.5. The first-order valence-electron chi connectivity index (χ1n) is 6.82. The molecule has 1 aromatic carbocycles. The third kappa shape index (κ3) is 2.47. The van der Waals surface area contributed by atoms with Crippen LogP contribution in [-0.2, 0) is 11.3 Å². The molecule has 0 radical (unpaired) electrons. The highest BCUT2D eigenvalue weighted by Crippen LogP contribution is 2.35. The molecule has 0 spiro atoms. The number of carbonyl (C=O) groups excluding carboxylic acids is 1. The largest absolute Gasteiger partial charge is 0.339 e. The van der Waals surface area contributed by atoms with E-state index in [-0.39, 0.29) is 11.9 Å². The second-order valence-electron chi connectivity index (χ2n) is 5.16. The quantitative estimate of drug-likeness (QED) is 0.800. The Morgan fingerprint density at radius 2 is 1.90 bits per heavy atom. The average Bonchev–Trinajstić information content (AvgIpc) is 2.50. The molecule has 0 N–H and O–H groups in total. The molecule has 0 saturated carbocycles. The molecule has 0 fully saturated rings. The van der Waals surface area contributed by atoms with Gasteiger partial charge < -0.3 is 9.80 Å². The summed E-state index contributed by atoms with van der Waals surface area (Å²) in [6.07, 6.45) is 0. The van der Waals surface area contributed by atoms with Crippen LogP contribution in [0.25, 0.3) is 0 Å². The standard InChI is InChI=1S/C16H16ClN3O/c1-11-16(21)19(2)13-8-9-14(17)18-15(13)20(11)10-12-6-4-3-5-7-12/h3-9,11H,10H2,1-2H3/t11-/m1/s1. The summed E-state index contributed by atoms with van der Waals surface area (Å²) in [6.45, 7) is 2.52. The maximum atomic E-state index is 12.4. The molecule has 0 saturated heterocycles. The van der Waals surface area contributed by atoms with Gasteiger partial charge in [-0.1, -0.05) is 41.9 Å². The number of nitrogens with zero attached hydrogens (tertiary/aromatic N) is 3. The summed E-state index contributed by atoms with van der Waals surface area (Å²) in [7, 11) is 1.77. The van der Waals surface area contributed by atoms with Crippen LogP contribution in [0.4, 0.5) is 11.5 Å². The van der Waals surface area contributed by atoms with Crippen molar-refractivity contribution in [2.24, 2.45) is 0 Å². The molecule has 1 aliphatic heterocycles. The molecule has 4 nitrogen and oxygen atoms in total. The Kier molecular flexibility index (Phi) is 3.55. The number of likely N-dealkylation sites (N-methyl/N-ethyl adjacent to an activating group) is 1. The fourth-order valence-corrected chi connectivity index (χ4v) is 2.74. The Labute approximate surface area is 129 Å². The van der Waals surface area contributed by atoms with E-state index in [1.54, 1.807) is 18.0 Å². The predicted molar refractivity (Wildman–Crippen MR) is 84.7 cm³/mol. The summed E-state index contributed by atoms with van der Waals surface area (Å²) in [4.78, 5) is 20.5. The zero-order valence-corrected chi connectivity index (χ0v) is 12.7. The van der Waals surface area contributed by atoms with Gasteiger partial charge in [0.05, 0.1) is 5.69 Å². The second kappa shape index (κ2) is 5.37. The van der Waals surface area contributed by atoms with Crippen molar-refractivity contribution in [3.8, 4) is 0 Å². The maximum absolute atomic E-state index is 12.4. The third-order valence-electron chi connectivity index (χ3n) is 3.81. The first kappa shape index (κ1) is 13.9. The lowest BCUT2D eigenvalue weighted by atomic mass is 10.1. The van der Waals surface area contributed by atoms with E-state index < -0.39 is 0 Å². The fourth-order valence-electron chi connectivity index (χ4n) is 2.60. The van der Waals surface area contributed by atoms with Gasteiger partial charge in [0.1, 0.15) is 11.2 Å². The lowest BCUT2D eigenvalue weighted by molar-refractivity contribution is -0.119. The van der Waals surface area contributed by atoms with Gasteiger partial charge in [-0.25, -0.2) is 4.98 Å².